The van der Waals surface area contributed by atoms with Gasteiger partial charge in [-0.05, 0) is 34.1 Å². The van der Waals surface area contributed by atoms with Crippen molar-refractivity contribution in [2.24, 2.45) is 4.36 Å². The number of hydrogen-bond donors (Lipinski definition) is 2. The summed E-state index contributed by atoms with van der Waals surface area (Å²) in [5.41, 5.74) is -1.45. The zero-order chi connectivity index (χ0) is 30.4. The molecule has 0 aliphatic heterocycles. The van der Waals surface area contributed by atoms with E-state index in [0.717, 1.165) is 25.2 Å². The van der Waals surface area contributed by atoms with Crippen LogP contribution in [-0.2, 0) is 15.5 Å². The van der Waals surface area contributed by atoms with E-state index in [1.807, 2.05) is 25.5 Å². The Hall–Kier alpha value is -1.74. The Labute approximate surface area is 248 Å². The van der Waals surface area contributed by atoms with Crippen molar-refractivity contribution in [3.05, 3.63) is 58.1 Å². The molecule has 2 rings (SSSR count). The Balaban J connectivity index is 2.66. The molecule has 0 fully saturated rings. The molecule has 222 valence electrons. The van der Waals surface area contributed by atoms with E-state index in [2.05, 4.69) is 30.6 Å². The molecular weight excluding hydrogens is 648 g/mol. The van der Waals surface area contributed by atoms with Crippen LogP contribution in [0.4, 0.5) is 17.6 Å². The topological polar surface area (TPSA) is 83.4 Å². The number of Topliss-reactive ketones (excluding diaryl/α,β-unsaturated/α-hetero) is 1. The average molecular weight is 684 g/mol. The SMILES string of the molecule is CC[Si](CC)(CC)c1cc(Br)nc(C(C)(CS(=O)(=NC)NCC(F)(F)F)NC(=S)CC(=O)c2ccccc2)c1F. The predicted molar refractivity (Wildman–Crippen MR) is 163 cm³/mol. The molecule has 0 saturated carbocycles. The molecule has 2 aromatic rings. The molecule has 0 amide bonds. The highest BCUT2D eigenvalue weighted by atomic mass is 79.9. The second-order valence-corrected chi connectivity index (χ2v) is 18.5. The van der Waals surface area contributed by atoms with Gasteiger partial charge in [0.15, 0.2) is 5.78 Å². The molecule has 0 aliphatic carbocycles. The highest BCUT2D eigenvalue weighted by Crippen LogP contribution is 2.30. The number of nitrogens with one attached hydrogen (secondary N) is 2. The Morgan fingerprint density at radius 3 is 2.23 bits per heavy atom. The predicted octanol–water partition coefficient (Wildman–Crippen LogP) is 6.27. The minimum Gasteiger partial charge on any atom is -0.367 e. The van der Waals surface area contributed by atoms with E-state index >= 15 is 4.39 Å². The maximum atomic E-state index is 16.5. The monoisotopic (exact) mass is 682 g/mol. The number of rotatable bonds is 13. The summed E-state index contributed by atoms with van der Waals surface area (Å²) in [6.45, 7) is 5.93. The quantitative estimate of drug-likeness (QED) is 0.0856. The number of thiocarbonyl (C=S) groups is 1. The van der Waals surface area contributed by atoms with Crippen LogP contribution in [0, 0.1) is 5.82 Å². The van der Waals surface area contributed by atoms with Gasteiger partial charge in [-0.3, -0.25) is 4.79 Å². The average Bonchev–Trinajstić information content (AvgIpc) is 2.90. The molecule has 1 aromatic carbocycles. The first-order valence-electron chi connectivity index (χ1n) is 12.8. The Kier molecular flexibility index (Phi) is 12.0. The summed E-state index contributed by atoms with van der Waals surface area (Å²) < 4.78 is 75.3. The summed E-state index contributed by atoms with van der Waals surface area (Å²) in [7, 11) is -4.94. The summed E-state index contributed by atoms with van der Waals surface area (Å²) in [5.74, 6) is -1.54. The standard InChI is InChI=1S/C26H35BrF4N4O2S2Si/c1-6-40(7-2,8-3)20-15-21(27)34-24(23(20)28)25(4,17-39(37,32-5)33-16-26(29,30)31)35-22(38)14-19(36)18-12-10-9-11-13-18/h9-13,15H,6-8,14,16-17H2,1-5H3,(H,35,38)(H,32,33,37). The van der Waals surface area contributed by atoms with E-state index in [1.165, 1.54) is 6.92 Å². The van der Waals surface area contributed by atoms with Crippen LogP contribution in [0.3, 0.4) is 0 Å². The fourth-order valence-electron chi connectivity index (χ4n) is 4.72. The molecule has 40 heavy (non-hydrogen) atoms. The molecule has 1 heterocycles. The maximum Gasteiger partial charge on any atom is 0.402 e. The fraction of sp³-hybridized carbons (Fsp3) is 0.500. The van der Waals surface area contributed by atoms with E-state index in [4.69, 9.17) is 12.2 Å². The number of alkyl halides is 3. The number of aromatic nitrogens is 1. The van der Waals surface area contributed by atoms with Crippen LogP contribution in [0.25, 0.3) is 0 Å². The summed E-state index contributed by atoms with van der Waals surface area (Å²) in [6, 6.07) is 12.3. The number of halogens is 5. The van der Waals surface area contributed by atoms with Crippen molar-refractivity contribution in [3.8, 4) is 0 Å². The number of pyridine rings is 1. The van der Waals surface area contributed by atoms with E-state index in [1.54, 1.807) is 36.4 Å². The van der Waals surface area contributed by atoms with Gasteiger partial charge in [0.05, 0.1) is 30.8 Å². The van der Waals surface area contributed by atoms with Gasteiger partial charge >= 0.3 is 6.18 Å². The summed E-state index contributed by atoms with van der Waals surface area (Å²) in [5, 5.41) is 3.45. The molecule has 2 atom stereocenters. The largest absolute Gasteiger partial charge is 0.402 e. The third-order valence-electron chi connectivity index (χ3n) is 7.16. The first kappa shape index (κ1) is 34.5. The van der Waals surface area contributed by atoms with Crippen LogP contribution in [0.5, 0.6) is 0 Å². The number of hydrogen-bond acceptors (Lipinski definition) is 5. The molecule has 6 nitrogen and oxygen atoms in total. The Morgan fingerprint density at radius 2 is 1.73 bits per heavy atom. The highest BCUT2D eigenvalue weighted by Gasteiger charge is 2.41. The lowest BCUT2D eigenvalue weighted by molar-refractivity contribution is -0.121. The highest BCUT2D eigenvalue weighted by molar-refractivity contribution is 9.10. The molecular formula is C26H35BrF4N4O2S2Si. The van der Waals surface area contributed by atoms with Crippen LogP contribution >= 0.6 is 28.1 Å². The minimum absolute atomic E-state index is 0.00210. The normalized spacial score (nSPS) is 15.2. The van der Waals surface area contributed by atoms with Gasteiger partial charge in [0.1, 0.15) is 32.6 Å². The number of carbonyl (C=O) groups is 1. The van der Waals surface area contributed by atoms with Gasteiger partial charge in [-0.25, -0.2) is 22.7 Å². The Morgan fingerprint density at radius 1 is 1.15 bits per heavy atom. The zero-order valence-electron chi connectivity index (χ0n) is 23.1. The van der Waals surface area contributed by atoms with Gasteiger partial charge < -0.3 is 5.32 Å². The van der Waals surface area contributed by atoms with E-state index in [9.17, 15) is 22.2 Å². The molecule has 2 unspecified atom stereocenters. The third-order valence-corrected chi connectivity index (χ3v) is 15.5. The van der Waals surface area contributed by atoms with Gasteiger partial charge in [0, 0.05) is 12.6 Å². The number of benzene rings is 1. The van der Waals surface area contributed by atoms with Crippen molar-refractivity contribution < 1.29 is 26.6 Å². The summed E-state index contributed by atoms with van der Waals surface area (Å²) >= 11 is 8.85. The summed E-state index contributed by atoms with van der Waals surface area (Å²) in [4.78, 5) is 17.2. The second kappa shape index (κ2) is 13.9. The molecule has 0 radical (unpaired) electrons. The van der Waals surface area contributed by atoms with E-state index in [0.29, 0.717) is 15.4 Å². The van der Waals surface area contributed by atoms with Crippen LogP contribution in [0.15, 0.2) is 45.4 Å². The van der Waals surface area contributed by atoms with E-state index < -0.39 is 47.8 Å². The molecule has 0 aliphatic rings. The molecule has 14 heteroatoms. The van der Waals surface area contributed by atoms with Gasteiger partial charge in [-0.1, -0.05) is 81.5 Å². The van der Waals surface area contributed by atoms with Crippen molar-refractivity contribution in [2.75, 3.05) is 19.3 Å². The van der Waals surface area contributed by atoms with Crippen molar-refractivity contribution >= 4 is 62.1 Å². The number of ketones is 1. The molecule has 0 saturated heterocycles. The van der Waals surface area contributed by atoms with Crippen molar-refractivity contribution in [3.63, 3.8) is 0 Å². The maximum absolute atomic E-state index is 16.5. The second-order valence-electron chi connectivity index (χ2n) is 9.75. The molecule has 0 spiro atoms. The smallest absolute Gasteiger partial charge is 0.367 e. The van der Waals surface area contributed by atoms with Crippen LogP contribution in [-0.4, -0.2) is 53.6 Å². The first-order valence-corrected chi connectivity index (χ1v) is 18.3. The molecule has 2 N–H and O–H groups in total. The van der Waals surface area contributed by atoms with Crippen molar-refractivity contribution in [1.82, 2.24) is 15.0 Å². The van der Waals surface area contributed by atoms with Gasteiger partial charge in [0.2, 0.25) is 0 Å². The lowest BCUT2D eigenvalue weighted by atomic mass is 9.98. The van der Waals surface area contributed by atoms with Gasteiger partial charge in [0.25, 0.3) is 0 Å². The zero-order valence-corrected chi connectivity index (χ0v) is 27.3. The summed E-state index contributed by atoms with van der Waals surface area (Å²) in [6.07, 6.45) is -4.91. The molecule has 1 aromatic heterocycles. The molecule has 0 bridgehead atoms. The van der Waals surface area contributed by atoms with Crippen LogP contribution < -0.4 is 15.2 Å². The lowest BCUT2D eigenvalue weighted by Crippen LogP contribution is -2.54. The fourth-order valence-corrected chi connectivity index (χ4v) is 11.1. The van der Waals surface area contributed by atoms with Crippen molar-refractivity contribution in [1.29, 1.82) is 0 Å². The Bertz CT molecular complexity index is 1330. The first-order chi connectivity index (χ1) is 18.6. The van der Waals surface area contributed by atoms with Gasteiger partial charge in [-0.15, -0.1) is 0 Å². The van der Waals surface area contributed by atoms with Gasteiger partial charge in [-0.2, -0.15) is 13.2 Å². The lowest BCUT2D eigenvalue weighted by Gasteiger charge is -2.36. The number of nitrogens with zero attached hydrogens (tertiary/aromatic N) is 2. The minimum atomic E-state index is -4.66. The van der Waals surface area contributed by atoms with E-state index in [-0.39, 0.29) is 22.9 Å². The third kappa shape index (κ3) is 8.63. The van der Waals surface area contributed by atoms with Crippen LogP contribution in [0.2, 0.25) is 18.1 Å². The van der Waals surface area contributed by atoms with Crippen molar-refractivity contribution in [2.45, 2.75) is 64.0 Å². The van der Waals surface area contributed by atoms with Crippen LogP contribution in [0.1, 0.15) is 50.2 Å². The number of carbonyl (C=O) groups excluding carboxylic acids is 1.